The number of nitrogens with zero attached hydrogens (tertiary/aromatic N) is 2. The number of aromatic nitrogens is 1. The van der Waals surface area contributed by atoms with Crippen molar-refractivity contribution < 1.29 is 4.79 Å². The van der Waals surface area contributed by atoms with E-state index in [0.29, 0.717) is 5.02 Å². The highest BCUT2D eigenvalue weighted by molar-refractivity contribution is 7.16. The molecule has 1 saturated heterocycles. The minimum absolute atomic E-state index is 0.0199. The topological polar surface area (TPSA) is 42.3 Å². The van der Waals surface area contributed by atoms with Crippen molar-refractivity contribution in [3.05, 3.63) is 32.9 Å². The Morgan fingerprint density at radius 1 is 1.25 bits per heavy atom. The van der Waals surface area contributed by atoms with Gasteiger partial charge in [-0.3, -0.25) is 14.2 Å². The summed E-state index contributed by atoms with van der Waals surface area (Å²) in [4.78, 5) is 26.1. The molecule has 2 heterocycles. The van der Waals surface area contributed by atoms with Gasteiger partial charge in [0.15, 0.2) is 0 Å². The van der Waals surface area contributed by atoms with Gasteiger partial charge in [0.2, 0.25) is 5.91 Å². The molecule has 0 radical (unpaired) electrons. The molecule has 20 heavy (non-hydrogen) atoms. The molecule has 1 aromatic carbocycles. The fourth-order valence-electron chi connectivity index (χ4n) is 2.56. The van der Waals surface area contributed by atoms with E-state index >= 15 is 0 Å². The minimum Gasteiger partial charge on any atom is -0.341 e. The zero-order valence-electron chi connectivity index (χ0n) is 11.0. The third-order valence-corrected chi connectivity index (χ3v) is 4.83. The predicted molar refractivity (Wildman–Crippen MR) is 81.5 cm³/mol. The SMILES string of the molecule is O=C(Cn1c(=O)sc2ccc(Cl)cc21)N1CCCCC1. The molecule has 106 valence electrons. The fourth-order valence-corrected chi connectivity index (χ4v) is 3.60. The van der Waals surface area contributed by atoms with Crippen molar-refractivity contribution >= 4 is 39.1 Å². The first-order chi connectivity index (χ1) is 9.65. The molecule has 2 aromatic rings. The van der Waals surface area contributed by atoms with Gasteiger partial charge in [0.25, 0.3) is 0 Å². The number of amides is 1. The van der Waals surface area contributed by atoms with E-state index in [9.17, 15) is 9.59 Å². The van der Waals surface area contributed by atoms with Crippen LogP contribution in [0.5, 0.6) is 0 Å². The van der Waals surface area contributed by atoms with Crippen molar-refractivity contribution in [2.45, 2.75) is 25.8 Å². The van der Waals surface area contributed by atoms with Gasteiger partial charge in [-0.1, -0.05) is 22.9 Å². The number of hydrogen-bond acceptors (Lipinski definition) is 3. The van der Waals surface area contributed by atoms with E-state index in [4.69, 9.17) is 11.6 Å². The summed E-state index contributed by atoms with van der Waals surface area (Å²) in [5.74, 6) is 0.0199. The number of likely N-dealkylation sites (tertiary alicyclic amines) is 1. The van der Waals surface area contributed by atoms with Crippen molar-refractivity contribution in [2.24, 2.45) is 0 Å². The van der Waals surface area contributed by atoms with Crippen LogP contribution < -0.4 is 4.87 Å². The van der Waals surface area contributed by atoms with Gasteiger partial charge in [0.05, 0.1) is 10.2 Å². The highest BCUT2D eigenvalue weighted by atomic mass is 35.5. The Morgan fingerprint density at radius 2 is 2.00 bits per heavy atom. The quantitative estimate of drug-likeness (QED) is 0.856. The first-order valence-corrected chi connectivity index (χ1v) is 7.91. The lowest BCUT2D eigenvalue weighted by Gasteiger charge is -2.26. The summed E-state index contributed by atoms with van der Waals surface area (Å²) >= 11 is 7.13. The largest absolute Gasteiger partial charge is 0.341 e. The molecule has 3 rings (SSSR count). The standard InChI is InChI=1S/C14H15ClN2O2S/c15-10-4-5-12-11(8-10)17(14(19)20-12)9-13(18)16-6-2-1-3-7-16/h4-5,8H,1-3,6-7,9H2. The Labute approximate surface area is 125 Å². The van der Waals surface area contributed by atoms with Crippen LogP contribution in [0.2, 0.25) is 5.02 Å². The van der Waals surface area contributed by atoms with Gasteiger partial charge in [-0.2, -0.15) is 0 Å². The van der Waals surface area contributed by atoms with Crippen LogP contribution in [-0.4, -0.2) is 28.5 Å². The molecular weight excluding hydrogens is 296 g/mol. The molecule has 0 unspecified atom stereocenters. The van der Waals surface area contributed by atoms with E-state index < -0.39 is 0 Å². The number of rotatable bonds is 2. The van der Waals surface area contributed by atoms with Crippen LogP contribution in [0.1, 0.15) is 19.3 Å². The number of piperidine rings is 1. The van der Waals surface area contributed by atoms with Crippen LogP contribution >= 0.6 is 22.9 Å². The summed E-state index contributed by atoms with van der Waals surface area (Å²) in [6.07, 6.45) is 3.29. The Balaban J connectivity index is 1.90. The van der Waals surface area contributed by atoms with Crippen molar-refractivity contribution in [1.29, 1.82) is 0 Å². The van der Waals surface area contributed by atoms with E-state index in [1.165, 1.54) is 11.0 Å². The molecule has 1 aliphatic heterocycles. The first-order valence-electron chi connectivity index (χ1n) is 6.72. The summed E-state index contributed by atoms with van der Waals surface area (Å²) < 4.78 is 2.40. The van der Waals surface area contributed by atoms with Gasteiger partial charge < -0.3 is 4.90 Å². The Bertz CT molecular complexity index is 701. The van der Waals surface area contributed by atoms with Gasteiger partial charge >= 0.3 is 4.87 Å². The zero-order chi connectivity index (χ0) is 14.1. The van der Waals surface area contributed by atoms with Crippen LogP contribution in [0.3, 0.4) is 0 Å². The van der Waals surface area contributed by atoms with Crippen LogP contribution in [-0.2, 0) is 11.3 Å². The van der Waals surface area contributed by atoms with Gasteiger partial charge in [0.1, 0.15) is 6.54 Å². The van der Waals surface area contributed by atoms with E-state index in [1.54, 1.807) is 12.1 Å². The van der Waals surface area contributed by atoms with Crippen LogP contribution in [0, 0.1) is 0 Å². The summed E-state index contributed by atoms with van der Waals surface area (Å²) in [7, 11) is 0. The third kappa shape index (κ3) is 2.60. The lowest BCUT2D eigenvalue weighted by molar-refractivity contribution is -0.132. The number of benzene rings is 1. The number of carbonyl (C=O) groups is 1. The average Bonchev–Trinajstić information content (AvgIpc) is 2.76. The smallest absolute Gasteiger partial charge is 0.308 e. The Hall–Kier alpha value is -1.33. The zero-order valence-corrected chi connectivity index (χ0v) is 12.5. The molecule has 1 aliphatic rings. The molecule has 0 N–H and O–H groups in total. The number of fused-ring (bicyclic) bond motifs is 1. The van der Waals surface area contributed by atoms with E-state index in [1.807, 2.05) is 11.0 Å². The van der Waals surface area contributed by atoms with Crippen molar-refractivity contribution in [3.8, 4) is 0 Å². The lowest BCUT2D eigenvalue weighted by Crippen LogP contribution is -2.38. The second-order valence-electron chi connectivity index (χ2n) is 5.01. The second kappa shape index (κ2) is 5.58. The van der Waals surface area contributed by atoms with Gasteiger partial charge in [0, 0.05) is 18.1 Å². The lowest BCUT2D eigenvalue weighted by atomic mass is 10.1. The maximum absolute atomic E-state index is 12.3. The van der Waals surface area contributed by atoms with E-state index in [0.717, 1.165) is 47.5 Å². The first kappa shape index (κ1) is 13.6. The van der Waals surface area contributed by atoms with Crippen molar-refractivity contribution in [2.75, 3.05) is 13.1 Å². The summed E-state index contributed by atoms with van der Waals surface area (Å²) in [6, 6.07) is 5.33. The molecule has 1 amide bonds. The van der Waals surface area contributed by atoms with Crippen LogP contribution in [0.25, 0.3) is 10.2 Å². The number of halogens is 1. The second-order valence-corrected chi connectivity index (χ2v) is 6.44. The highest BCUT2D eigenvalue weighted by Crippen LogP contribution is 2.21. The molecule has 0 atom stereocenters. The number of thiazole rings is 1. The van der Waals surface area contributed by atoms with Crippen LogP contribution in [0.4, 0.5) is 0 Å². The Kier molecular flexibility index (Phi) is 3.81. The third-order valence-electron chi connectivity index (χ3n) is 3.63. The summed E-state index contributed by atoms with van der Waals surface area (Å²) in [5.41, 5.74) is 0.748. The molecule has 6 heteroatoms. The molecule has 1 fully saturated rings. The fraction of sp³-hybridized carbons (Fsp3) is 0.429. The Morgan fingerprint density at radius 3 is 2.75 bits per heavy atom. The van der Waals surface area contributed by atoms with Crippen molar-refractivity contribution in [1.82, 2.24) is 9.47 Å². The molecule has 4 nitrogen and oxygen atoms in total. The monoisotopic (exact) mass is 310 g/mol. The minimum atomic E-state index is -0.104. The molecule has 0 aliphatic carbocycles. The average molecular weight is 311 g/mol. The van der Waals surface area contributed by atoms with Gasteiger partial charge in [-0.05, 0) is 37.5 Å². The van der Waals surface area contributed by atoms with Crippen LogP contribution in [0.15, 0.2) is 23.0 Å². The summed E-state index contributed by atoms with van der Waals surface area (Å²) in [6.45, 7) is 1.71. The van der Waals surface area contributed by atoms with Gasteiger partial charge in [-0.15, -0.1) is 0 Å². The maximum atomic E-state index is 12.3. The number of hydrogen-bond donors (Lipinski definition) is 0. The van der Waals surface area contributed by atoms with E-state index in [2.05, 4.69) is 0 Å². The normalized spacial score (nSPS) is 15.8. The van der Waals surface area contributed by atoms with Gasteiger partial charge in [-0.25, -0.2) is 0 Å². The molecule has 0 saturated carbocycles. The van der Waals surface area contributed by atoms with E-state index in [-0.39, 0.29) is 17.3 Å². The molecule has 0 bridgehead atoms. The molecule has 0 spiro atoms. The van der Waals surface area contributed by atoms with Crippen molar-refractivity contribution in [3.63, 3.8) is 0 Å². The molecule has 1 aromatic heterocycles. The maximum Gasteiger partial charge on any atom is 0.308 e. The predicted octanol–water partition coefficient (Wildman–Crippen LogP) is 2.73. The number of carbonyl (C=O) groups excluding carboxylic acids is 1. The summed E-state index contributed by atoms with van der Waals surface area (Å²) in [5, 5.41) is 0.578. The molecular formula is C14H15ClN2O2S. The highest BCUT2D eigenvalue weighted by Gasteiger charge is 2.19.